The van der Waals surface area contributed by atoms with Gasteiger partial charge >= 0.3 is 5.69 Å². The van der Waals surface area contributed by atoms with Gasteiger partial charge in [-0.1, -0.05) is 18.2 Å². The Labute approximate surface area is 143 Å². The van der Waals surface area contributed by atoms with Crippen LogP contribution in [0.2, 0.25) is 0 Å². The summed E-state index contributed by atoms with van der Waals surface area (Å²) in [5, 5.41) is 18.3. The van der Waals surface area contributed by atoms with Crippen molar-refractivity contribution < 1.29 is 9.72 Å². The number of aryl methyl sites for hydroxylation is 1. The molecule has 0 fully saturated rings. The number of nitrogens with zero attached hydrogens (tertiary/aromatic N) is 4. The van der Waals surface area contributed by atoms with Crippen LogP contribution in [-0.4, -0.2) is 25.6 Å². The molecule has 0 unspecified atom stereocenters. The normalized spacial score (nSPS) is 10.4. The molecule has 1 N–H and O–H groups in total. The minimum Gasteiger partial charge on any atom is -0.326 e. The van der Waals surface area contributed by atoms with Gasteiger partial charge in [0.25, 0.3) is 0 Å². The number of para-hydroxylation sites is 1. The summed E-state index contributed by atoms with van der Waals surface area (Å²) >= 11 is 0. The van der Waals surface area contributed by atoms with Gasteiger partial charge in [0.1, 0.15) is 6.20 Å². The summed E-state index contributed by atoms with van der Waals surface area (Å²) < 4.78 is 1.42. The third-order valence-corrected chi connectivity index (χ3v) is 3.52. The summed E-state index contributed by atoms with van der Waals surface area (Å²) in [5.41, 5.74) is 1.47. The van der Waals surface area contributed by atoms with E-state index < -0.39 is 4.92 Å². The van der Waals surface area contributed by atoms with Gasteiger partial charge < -0.3 is 5.32 Å². The fourth-order valence-corrected chi connectivity index (χ4v) is 2.34. The summed E-state index contributed by atoms with van der Waals surface area (Å²) in [6.07, 6.45) is 4.59. The van der Waals surface area contributed by atoms with Crippen molar-refractivity contribution in [3.05, 3.63) is 71.2 Å². The molecule has 0 aliphatic rings. The molecular weight excluding hydrogens is 322 g/mol. The van der Waals surface area contributed by atoms with Crippen molar-refractivity contribution in [1.29, 1.82) is 0 Å². The highest BCUT2D eigenvalue weighted by molar-refractivity contribution is 5.90. The minimum atomic E-state index is -0.483. The first-order valence-electron chi connectivity index (χ1n) is 7.60. The van der Waals surface area contributed by atoms with Gasteiger partial charge in [-0.15, -0.1) is 0 Å². The molecule has 0 saturated carbocycles. The Kier molecular flexibility index (Phi) is 4.79. The lowest BCUT2D eigenvalue weighted by molar-refractivity contribution is -0.384. The molecule has 8 heteroatoms. The monoisotopic (exact) mass is 337 g/mol. The second-order valence-electron chi connectivity index (χ2n) is 5.28. The zero-order valence-electron chi connectivity index (χ0n) is 13.2. The zero-order chi connectivity index (χ0) is 17.6. The average molecular weight is 337 g/mol. The molecule has 2 heterocycles. The molecule has 1 amide bonds. The molecule has 126 valence electrons. The van der Waals surface area contributed by atoms with Crippen molar-refractivity contribution in [3.63, 3.8) is 0 Å². The van der Waals surface area contributed by atoms with E-state index in [4.69, 9.17) is 0 Å². The van der Waals surface area contributed by atoms with Crippen LogP contribution in [0.1, 0.15) is 6.42 Å². The van der Waals surface area contributed by atoms with Gasteiger partial charge in [-0.25, -0.2) is 0 Å². The van der Waals surface area contributed by atoms with Crippen molar-refractivity contribution in [2.45, 2.75) is 13.0 Å². The lowest BCUT2D eigenvalue weighted by atomic mass is 10.2. The van der Waals surface area contributed by atoms with Gasteiger partial charge in [-0.2, -0.15) is 5.10 Å². The zero-order valence-corrected chi connectivity index (χ0v) is 13.2. The molecule has 0 aliphatic carbocycles. The number of anilines is 1. The van der Waals surface area contributed by atoms with Crippen LogP contribution in [0.15, 0.2) is 61.1 Å². The molecule has 0 bridgehead atoms. The summed E-state index contributed by atoms with van der Waals surface area (Å²) in [5.74, 6) is -0.185. The van der Waals surface area contributed by atoms with Gasteiger partial charge in [0.2, 0.25) is 5.91 Å². The fraction of sp³-hybridized carbons (Fsp3) is 0.118. The fourth-order valence-electron chi connectivity index (χ4n) is 2.34. The van der Waals surface area contributed by atoms with Gasteiger partial charge in [0, 0.05) is 36.6 Å². The average Bonchev–Trinajstić information content (AvgIpc) is 3.06. The summed E-state index contributed by atoms with van der Waals surface area (Å²) in [7, 11) is 0. The van der Waals surface area contributed by atoms with Crippen LogP contribution in [-0.2, 0) is 11.3 Å². The Hall–Kier alpha value is -3.55. The number of hydrogen-bond acceptors (Lipinski definition) is 5. The van der Waals surface area contributed by atoms with E-state index >= 15 is 0 Å². The number of nitrogens with one attached hydrogen (secondary N) is 1. The lowest BCUT2D eigenvalue weighted by Crippen LogP contribution is -2.14. The molecule has 25 heavy (non-hydrogen) atoms. The first kappa shape index (κ1) is 16.3. The third kappa shape index (κ3) is 4.05. The Morgan fingerprint density at radius 3 is 2.56 bits per heavy atom. The van der Waals surface area contributed by atoms with Gasteiger partial charge in [0.05, 0.1) is 4.92 Å². The molecule has 0 atom stereocenters. The number of benzene rings is 1. The van der Waals surface area contributed by atoms with Crippen molar-refractivity contribution in [1.82, 2.24) is 14.8 Å². The first-order valence-corrected chi connectivity index (χ1v) is 7.60. The predicted molar refractivity (Wildman–Crippen MR) is 91.8 cm³/mol. The number of carbonyl (C=O) groups is 1. The molecule has 2 aromatic heterocycles. The standard InChI is InChI=1S/C17H15N5O3/c23-16(19-14-4-2-1-3-5-14)8-11-21-12-15(22(24)25)17(20-21)13-6-9-18-10-7-13/h1-7,9-10,12H,8,11H2,(H,19,23). The van der Waals surface area contributed by atoms with Gasteiger partial charge in [-0.05, 0) is 24.3 Å². The summed E-state index contributed by atoms with van der Waals surface area (Å²) in [6.45, 7) is 0.241. The molecule has 0 aliphatic heterocycles. The Morgan fingerprint density at radius 2 is 1.88 bits per heavy atom. The van der Waals surface area contributed by atoms with Crippen LogP contribution < -0.4 is 5.32 Å². The van der Waals surface area contributed by atoms with E-state index in [0.717, 1.165) is 0 Å². The van der Waals surface area contributed by atoms with Crippen LogP contribution in [0, 0.1) is 10.1 Å². The minimum absolute atomic E-state index is 0.102. The Morgan fingerprint density at radius 1 is 1.16 bits per heavy atom. The number of nitro groups is 1. The number of pyridine rings is 1. The molecule has 3 aromatic rings. The third-order valence-electron chi connectivity index (χ3n) is 3.52. The van der Waals surface area contributed by atoms with E-state index in [1.165, 1.54) is 10.9 Å². The first-order chi connectivity index (χ1) is 12.1. The maximum Gasteiger partial charge on any atom is 0.314 e. The van der Waals surface area contributed by atoms with Gasteiger partial charge in [0.15, 0.2) is 5.69 Å². The van der Waals surface area contributed by atoms with Crippen molar-refractivity contribution >= 4 is 17.3 Å². The number of carbonyl (C=O) groups excluding carboxylic acids is 1. The SMILES string of the molecule is O=C(CCn1cc([N+](=O)[O-])c(-c2ccncc2)n1)Nc1ccccc1. The maximum absolute atomic E-state index is 12.0. The molecule has 0 radical (unpaired) electrons. The summed E-state index contributed by atoms with van der Waals surface area (Å²) in [6, 6.07) is 12.4. The van der Waals surface area contributed by atoms with E-state index in [1.54, 1.807) is 36.7 Å². The molecule has 8 nitrogen and oxygen atoms in total. The van der Waals surface area contributed by atoms with Crippen LogP contribution >= 0.6 is 0 Å². The number of rotatable bonds is 6. The van der Waals surface area contributed by atoms with E-state index in [-0.39, 0.29) is 30.3 Å². The summed E-state index contributed by atoms with van der Waals surface area (Å²) in [4.78, 5) is 26.6. The highest BCUT2D eigenvalue weighted by atomic mass is 16.6. The second kappa shape index (κ2) is 7.35. The van der Waals surface area contributed by atoms with E-state index in [0.29, 0.717) is 11.3 Å². The van der Waals surface area contributed by atoms with Crippen LogP contribution in [0.25, 0.3) is 11.3 Å². The van der Waals surface area contributed by atoms with Crippen molar-refractivity contribution in [3.8, 4) is 11.3 Å². The number of aromatic nitrogens is 3. The molecular formula is C17H15N5O3. The number of amides is 1. The van der Waals surface area contributed by atoms with Crippen LogP contribution in [0.3, 0.4) is 0 Å². The second-order valence-corrected chi connectivity index (χ2v) is 5.28. The van der Waals surface area contributed by atoms with Crippen molar-refractivity contribution in [2.75, 3.05) is 5.32 Å². The van der Waals surface area contributed by atoms with Gasteiger partial charge in [-0.3, -0.25) is 24.6 Å². The van der Waals surface area contributed by atoms with E-state index in [2.05, 4.69) is 15.4 Å². The number of hydrogen-bond donors (Lipinski definition) is 1. The highest BCUT2D eigenvalue weighted by Crippen LogP contribution is 2.27. The van der Waals surface area contributed by atoms with Crippen LogP contribution in [0.4, 0.5) is 11.4 Å². The van der Waals surface area contributed by atoms with E-state index in [1.807, 2.05) is 18.2 Å². The topological polar surface area (TPSA) is 103 Å². The Balaban J connectivity index is 1.71. The maximum atomic E-state index is 12.0. The largest absolute Gasteiger partial charge is 0.326 e. The van der Waals surface area contributed by atoms with Crippen molar-refractivity contribution in [2.24, 2.45) is 0 Å². The van der Waals surface area contributed by atoms with Crippen LogP contribution in [0.5, 0.6) is 0 Å². The van der Waals surface area contributed by atoms with E-state index in [9.17, 15) is 14.9 Å². The quantitative estimate of drug-likeness (QED) is 0.550. The molecule has 3 rings (SSSR count). The Bertz CT molecular complexity index is 878. The predicted octanol–water partition coefficient (Wildman–Crippen LogP) is 2.88. The lowest BCUT2D eigenvalue weighted by Gasteiger charge is -2.04. The molecule has 0 spiro atoms. The smallest absolute Gasteiger partial charge is 0.314 e. The molecule has 1 aromatic carbocycles. The highest BCUT2D eigenvalue weighted by Gasteiger charge is 2.21. The molecule has 0 saturated heterocycles.